The fraction of sp³-hybridized carbons (Fsp3) is 0.278. The van der Waals surface area contributed by atoms with E-state index in [0.29, 0.717) is 5.44 Å². The van der Waals surface area contributed by atoms with E-state index in [9.17, 15) is 4.57 Å². The summed E-state index contributed by atoms with van der Waals surface area (Å²) in [7, 11) is -1.91. The molecule has 25 heavy (non-hydrogen) atoms. The van der Waals surface area contributed by atoms with Crippen molar-refractivity contribution in [3.05, 3.63) is 48.5 Å². The Kier molecular flexibility index (Phi) is 5.23. The molecule has 0 bridgehead atoms. The fourth-order valence-corrected chi connectivity index (χ4v) is 4.56. The van der Waals surface area contributed by atoms with Crippen molar-refractivity contribution < 1.29 is 18.3 Å². The number of aromatic nitrogens is 2. The van der Waals surface area contributed by atoms with Crippen molar-refractivity contribution in [2.45, 2.75) is 13.8 Å². The largest absolute Gasteiger partial charge is 0.497 e. The number of hydrogen-bond acceptors (Lipinski definition) is 5. The number of ether oxygens (including phenoxy) is 1. The molecule has 0 N–H and O–H groups in total. The summed E-state index contributed by atoms with van der Waals surface area (Å²) in [6.45, 7) is 4.14. The summed E-state index contributed by atoms with van der Waals surface area (Å²) in [5.74, 6) is 0.736. The SMILES string of the molecule is CCOP(=O)(OCC)c1c2ccccc2nn1-c1ccc(OC)cc1. The molecule has 0 unspecified atom stereocenters. The Hall–Kier alpha value is -2.14. The molecule has 0 radical (unpaired) electrons. The molecule has 0 fully saturated rings. The van der Waals surface area contributed by atoms with Crippen LogP contribution in [0, 0.1) is 0 Å². The molecular formula is C18H21N2O4P. The van der Waals surface area contributed by atoms with Crippen LogP contribution in [0.3, 0.4) is 0 Å². The highest BCUT2D eigenvalue weighted by atomic mass is 31.2. The van der Waals surface area contributed by atoms with Gasteiger partial charge in [0.25, 0.3) is 0 Å². The molecule has 0 spiro atoms. The first kappa shape index (κ1) is 17.7. The van der Waals surface area contributed by atoms with Gasteiger partial charge in [-0.3, -0.25) is 4.57 Å². The van der Waals surface area contributed by atoms with Crippen LogP contribution in [-0.4, -0.2) is 30.1 Å². The minimum atomic E-state index is -3.52. The maximum atomic E-state index is 13.5. The van der Waals surface area contributed by atoms with Crippen molar-refractivity contribution in [2.24, 2.45) is 0 Å². The zero-order valence-corrected chi connectivity index (χ0v) is 15.4. The van der Waals surface area contributed by atoms with Gasteiger partial charge in [-0.2, -0.15) is 5.10 Å². The van der Waals surface area contributed by atoms with Crippen LogP contribution in [0.25, 0.3) is 16.6 Å². The number of benzene rings is 2. The summed E-state index contributed by atoms with van der Waals surface area (Å²) in [5.41, 5.74) is 1.93. The molecule has 132 valence electrons. The second-order valence-corrected chi connectivity index (χ2v) is 7.22. The molecular weight excluding hydrogens is 339 g/mol. The Morgan fingerprint density at radius 2 is 1.64 bits per heavy atom. The summed E-state index contributed by atoms with van der Waals surface area (Å²) in [6.07, 6.45) is 0. The minimum Gasteiger partial charge on any atom is -0.497 e. The molecule has 0 saturated heterocycles. The Morgan fingerprint density at radius 3 is 2.24 bits per heavy atom. The van der Waals surface area contributed by atoms with Gasteiger partial charge in [0.1, 0.15) is 5.75 Å². The molecule has 0 saturated carbocycles. The highest BCUT2D eigenvalue weighted by molar-refractivity contribution is 7.62. The molecule has 0 aliphatic carbocycles. The molecule has 0 aliphatic rings. The lowest BCUT2D eigenvalue weighted by Crippen LogP contribution is -2.20. The van der Waals surface area contributed by atoms with Crippen LogP contribution in [0.4, 0.5) is 0 Å². The van der Waals surface area contributed by atoms with Crippen LogP contribution >= 0.6 is 7.60 Å². The van der Waals surface area contributed by atoms with Gasteiger partial charge in [-0.1, -0.05) is 18.2 Å². The molecule has 0 atom stereocenters. The summed E-state index contributed by atoms with van der Waals surface area (Å²) in [6, 6.07) is 14.9. The number of hydrogen-bond donors (Lipinski definition) is 0. The summed E-state index contributed by atoms with van der Waals surface area (Å²) >= 11 is 0. The van der Waals surface area contributed by atoms with Gasteiger partial charge in [0, 0.05) is 5.39 Å². The average molecular weight is 360 g/mol. The lowest BCUT2D eigenvalue weighted by Gasteiger charge is -2.18. The van der Waals surface area contributed by atoms with E-state index in [1.54, 1.807) is 25.6 Å². The van der Waals surface area contributed by atoms with E-state index in [1.165, 1.54) is 0 Å². The Bertz CT molecular complexity index is 895. The van der Waals surface area contributed by atoms with Gasteiger partial charge in [-0.05, 0) is 44.2 Å². The highest BCUT2D eigenvalue weighted by Crippen LogP contribution is 2.49. The van der Waals surface area contributed by atoms with E-state index < -0.39 is 7.60 Å². The second-order valence-electron chi connectivity index (χ2n) is 5.28. The fourth-order valence-electron chi connectivity index (χ4n) is 2.69. The van der Waals surface area contributed by atoms with E-state index in [0.717, 1.165) is 22.3 Å². The van der Waals surface area contributed by atoms with E-state index >= 15 is 0 Å². The van der Waals surface area contributed by atoms with Crippen LogP contribution in [0.1, 0.15) is 13.8 Å². The summed E-state index contributed by atoms with van der Waals surface area (Å²) in [5, 5.41) is 5.37. The van der Waals surface area contributed by atoms with Crippen LogP contribution < -0.4 is 10.2 Å². The third kappa shape index (κ3) is 3.33. The lowest BCUT2D eigenvalue weighted by atomic mass is 10.2. The third-order valence-corrected chi connectivity index (χ3v) is 5.87. The topological polar surface area (TPSA) is 62.6 Å². The predicted molar refractivity (Wildman–Crippen MR) is 98.1 cm³/mol. The van der Waals surface area contributed by atoms with Crippen molar-refractivity contribution in [1.29, 1.82) is 0 Å². The normalized spacial score (nSPS) is 11.8. The smallest absolute Gasteiger partial charge is 0.380 e. The molecule has 2 aromatic carbocycles. The highest BCUT2D eigenvalue weighted by Gasteiger charge is 2.34. The van der Waals surface area contributed by atoms with Crippen molar-refractivity contribution in [2.75, 3.05) is 20.3 Å². The first-order valence-corrected chi connectivity index (χ1v) is 9.69. The van der Waals surface area contributed by atoms with Crippen LogP contribution in [-0.2, 0) is 13.6 Å². The second kappa shape index (κ2) is 7.40. The van der Waals surface area contributed by atoms with Crippen molar-refractivity contribution in [3.8, 4) is 11.4 Å². The van der Waals surface area contributed by atoms with E-state index in [2.05, 4.69) is 5.10 Å². The molecule has 1 heterocycles. The average Bonchev–Trinajstić information content (AvgIpc) is 3.02. The molecule has 7 heteroatoms. The summed E-state index contributed by atoms with van der Waals surface area (Å²) in [4.78, 5) is 0. The standard InChI is InChI=1S/C18H21N2O4P/c1-4-23-25(21,24-5-2)18-16-8-6-7-9-17(16)19-20(18)14-10-12-15(22-3)13-11-14/h6-13H,4-5H2,1-3H3. The van der Waals surface area contributed by atoms with Gasteiger partial charge in [0.05, 0.1) is 31.5 Å². The van der Waals surface area contributed by atoms with Gasteiger partial charge < -0.3 is 13.8 Å². The van der Waals surface area contributed by atoms with Crippen LogP contribution in [0.5, 0.6) is 5.75 Å². The number of rotatable bonds is 7. The predicted octanol–water partition coefficient (Wildman–Crippen LogP) is 3.93. The monoisotopic (exact) mass is 360 g/mol. The summed E-state index contributed by atoms with van der Waals surface area (Å²) < 4.78 is 31.5. The van der Waals surface area contributed by atoms with E-state index in [4.69, 9.17) is 13.8 Å². The Balaban J connectivity index is 2.25. The van der Waals surface area contributed by atoms with E-state index in [-0.39, 0.29) is 13.2 Å². The van der Waals surface area contributed by atoms with E-state index in [1.807, 2.05) is 48.5 Å². The van der Waals surface area contributed by atoms with Gasteiger partial charge in [-0.25, -0.2) is 4.68 Å². The molecule has 1 aromatic heterocycles. The minimum absolute atomic E-state index is 0.277. The molecule has 0 amide bonds. The third-order valence-electron chi connectivity index (χ3n) is 3.73. The van der Waals surface area contributed by atoms with Gasteiger partial charge in [0.2, 0.25) is 0 Å². The van der Waals surface area contributed by atoms with Gasteiger partial charge in [0.15, 0.2) is 5.44 Å². The van der Waals surface area contributed by atoms with Crippen molar-refractivity contribution >= 4 is 23.9 Å². The van der Waals surface area contributed by atoms with Gasteiger partial charge >= 0.3 is 7.60 Å². The lowest BCUT2D eigenvalue weighted by molar-refractivity contribution is 0.229. The van der Waals surface area contributed by atoms with Crippen molar-refractivity contribution in [1.82, 2.24) is 9.78 Å². The first-order chi connectivity index (χ1) is 12.1. The number of methoxy groups -OCH3 is 1. The molecule has 3 rings (SSSR count). The maximum Gasteiger partial charge on any atom is 0.380 e. The quantitative estimate of drug-likeness (QED) is 0.598. The van der Waals surface area contributed by atoms with Gasteiger partial charge in [-0.15, -0.1) is 0 Å². The van der Waals surface area contributed by atoms with Crippen LogP contribution in [0.15, 0.2) is 48.5 Å². The number of fused-ring (bicyclic) bond motifs is 1. The Labute approximate surface area is 146 Å². The zero-order valence-electron chi connectivity index (χ0n) is 14.5. The molecule has 3 aromatic rings. The maximum absolute atomic E-state index is 13.5. The van der Waals surface area contributed by atoms with Crippen molar-refractivity contribution in [3.63, 3.8) is 0 Å². The van der Waals surface area contributed by atoms with Crippen LogP contribution in [0.2, 0.25) is 0 Å². The first-order valence-electron chi connectivity index (χ1n) is 8.14. The molecule has 0 aliphatic heterocycles. The number of nitrogens with zero attached hydrogens (tertiary/aromatic N) is 2. The zero-order chi connectivity index (χ0) is 17.9. The Morgan fingerprint density at radius 1 is 1.00 bits per heavy atom. The molecule has 6 nitrogen and oxygen atoms in total.